The molecule has 0 unspecified atom stereocenters. The van der Waals surface area contributed by atoms with E-state index in [0.29, 0.717) is 5.92 Å². The number of nitrogens with zero attached hydrogens (tertiary/aromatic N) is 1. The second kappa shape index (κ2) is 7.74. The van der Waals surface area contributed by atoms with E-state index in [1.807, 2.05) is 0 Å². The van der Waals surface area contributed by atoms with Crippen molar-refractivity contribution < 1.29 is 13.2 Å². The molecule has 1 aliphatic rings. The van der Waals surface area contributed by atoms with Gasteiger partial charge in [-0.1, -0.05) is 43.0 Å². The molecule has 4 heteroatoms. The van der Waals surface area contributed by atoms with Crippen molar-refractivity contribution in [2.45, 2.75) is 44.9 Å². The fourth-order valence-corrected chi connectivity index (χ4v) is 3.31. The highest BCUT2D eigenvalue weighted by atomic mass is 19.2. The Morgan fingerprint density at radius 1 is 1.00 bits per heavy atom. The molecule has 1 saturated carbocycles. The van der Waals surface area contributed by atoms with Gasteiger partial charge in [0.25, 0.3) is 5.95 Å². The number of hydrogen-bond donors (Lipinski definition) is 0. The molecule has 1 aromatic carbocycles. The first-order chi connectivity index (χ1) is 12.1. The first kappa shape index (κ1) is 17.5. The van der Waals surface area contributed by atoms with Crippen LogP contribution < -0.4 is 0 Å². The molecule has 1 heterocycles. The van der Waals surface area contributed by atoms with E-state index in [4.69, 9.17) is 0 Å². The standard InChI is InChI=1S/C21H20F3N/c1-2-14-3-8-16(9-4-14)17-10-5-15(6-11-17)7-12-18-13-19(22)21(24)25-20(18)23/h3-4,8-9,13,15,17H,2,5-6,10-11H2,1H3/t15-,17-. The molecule has 3 rings (SSSR count). The van der Waals surface area contributed by atoms with Crippen molar-refractivity contribution in [3.63, 3.8) is 0 Å². The van der Waals surface area contributed by atoms with Crippen LogP contribution in [-0.2, 0) is 6.42 Å². The van der Waals surface area contributed by atoms with Gasteiger partial charge in [-0.15, -0.1) is 0 Å². The Morgan fingerprint density at radius 2 is 1.68 bits per heavy atom. The van der Waals surface area contributed by atoms with Crippen LogP contribution in [0.25, 0.3) is 0 Å². The van der Waals surface area contributed by atoms with Crippen molar-refractivity contribution in [1.29, 1.82) is 0 Å². The molecule has 1 nitrogen and oxygen atoms in total. The molecule has 0 saturated heterocycles. The summed E-state index contributed by atoms with van der Waals surface area (Å²) in [5.41, 5.74) is 2.51. The number of aromatic nitrogens is 1. The molecule has 0 amide bonds. The van der Waals surface area contributed by atoms with E-state index in [0.717, 1.165) is 38.2 Å². The fraction of sp³-hybridized carbons (Fsp3) is 0.381. The number of benzene rings is 1. The van der Waals surface area contributed by atoms with Crippen LogP contribution in [0, 0.1) is 35.5 Å². The number of halogens is 3. The lowest BCUT2D eigenvalue weighted by molar-refractivity contribution is 0.384. The van der Waals surface area contributed by atoms with Gasteiger partial charge in [-0.25, -0.2) is 4.39 Å². The van der Waals surface area contributed by atoms with Gasteiger partial charge in [-0.05, 0) is 55.2 Å². The van der Waals surface area contributed by atoms with Gasteiger partial charge in [0.2, 0.25) is 5.95 Å². The molecule has 25 heavy (non-hydrogen) atoms. The zero-order valence-corrected chi connectivity index (χ0v) is 14.2. The highest BCUT2D eigenvalue weighted by Gasteiger charge is 2.21. The average molecular weight is 343 g/mol. The lowest BCUT2D eigenvalue weighted by Gasteiger charge is -2.26. The Bertz CT molecular complexity index is 794. The van der Waals surface area contributed by atoms with Crippen LogP contribution >= 0.6 is 0 Å². The summed E-state index contributed by atoms with van der Waals surface area (Å²) in [6.07, 6.45) is 4.95. The maximum absolute atomic E-state index is 13.5. The van der Waals surface area contributed by atoms with Gasteiger partial charge in [-0.3, -0.25) is 0 Å². The van der Waals surface area contributed by atoms with Crippen LogP contribution in [0.2, 0.25) is 0 Å². The van der Waals surface area contributed by atoms with Crippen molar-refractivity contribution in [2.75, 3.05) is 0 Å². The molecule has 1 aliphatic carbocycles. The summed E-state index contributed by atoms with van der Waals surface area (Å²) in [7, 11) is 0. The van der Waals surface area contributed by atoms with E-state index in [-0.39, 0.29) is 11.5 Å². The Balaban J connectivity index is 1.62. The largest absolute Gasteiger partial charge is 0.251 e. The number of aryl methyl sites for hydroxylation is 1. The van der Waals surface area contributed by atoms with E-state index in [2.05, 4.69) is 48.0 Å². The third-order valence-corrected chi connectivity index (χ3v) is 4.88. The average Bonchev–Trinajstić information content (AvgIpc) is 2.64. The normalized spacial score (nSPS) is 20.0. The third kappa shape index (κ3) is 4.22. The second-order valence-electron chi connectivity index (χ2n) is 6.51. The Kier molecular flexibility index (Phi) is 5.43. The van der Waals surface area contributed by atoms with Crippen LogP contribution in [0.5, 0.6) is 0 Å². The molecule has 0 bridgehead atoms. The first-order valence-electron chi connectivity index (χ1n) is 8.68. The summed E-state index contributed by atoms with van der Waals surface area (Å²) in [5.74, 6) is 2.64. The van der Waals surface area contributed by atoms with Gasteiger partial charge in [-0.2, -0.15) is 13.8 Å². The summed E-state index contributed by atoms with van der Waals surface area (Å²) in [4.78, 5) is 2.89. The van der Waals surface area contributed by atoms with Crippen molar-refractivity contribution in [2.24, 2.45) is 5.92 Å². The second-order valence-corrected chi connectivity index (χ2v) is 6.51. The predicted molar refractivity (Wildman–Crippen MR) is 91.5 cm³/mol. The lowest BCUT2D eigenvalue weighted by Crippen LogP contribution is -2.12. The highest BCUT2D eigenvalue weighted by Crippen LogP contribution is 2.35. The molecule has 0 aliphatic heterocycles. The van der Waals surface area contributed by atoms with E-state index in [9.17, 15) is 13.2 Å². The molecule has 0 spiro atoms. The fourth-order valence-electron chi connectivity index (χ4n) is 3.31. The Labute approximate surface area is 146 Å². The SMILES string of the molecule is CCc1ccc([C@H]2CC[C@H](C#Cc3cc(F)c(F)nc3F)CC2)cc1. The molecular weight excluding hydrogens is 323 g/mol. The summed E-state index contributed by atoms with van der Waals surface area (Å²) in [6.45, 7) is 2.14. The highest BCUT2D eigenvalue weighted by molar-refractivity contribution is 5.34. The third-order valence-electron chi connectivity index (χ3n) is 4.88. The zero-order valence-electron chi connectivity index (χ0n) is 14.2. The van der Waals surface area contributed by atoms with E-state index in [1.165, 1.54) is 11.1 Å². The number of hydrogen-bond acceptors (Lipinski definition) is 1. The quantitative estimate of drug-likeness (QED) is 0.526. The molecule has 0 N–H and O–H groups in total. The maximum atomic E-state index is 13.5. The molecular formula is C21H20F3N. The van der Waals surface area contributed by atoms with Crippen molar-refractivity contribution in [3.8, 4) is 11.8 Å². The van der Waals surface area contributed by atoms with Crippen molar-refractivity contribution in [1.82, 2.24) is 4.98 Å². The molecule has 1 aromatic heterocycles. The van der Waals surface area contributed by atoms with Crippen molar-refractivity contribution >= 4 is 0 Å². The van der Waals surface area contributed by atoms with Crippen LogP contribution in [0.1, 0.15) is 55.2 Å². The monoisotopic (exact) mass is 343 g/mol. The minimum Gasteiger partial charge on any atom is -0.202 e. The predicted octanol–water partition coefficient (Wildman–Crippen LogP) is 5.39. The Hall–Kier alpha value is -2.28. The minimum absolute atomic E-state index is 0.152. The van der Waals surface area contributed by atoms with Gasteiger partial charge >= 0.3 is 0 Å². The molecule has 0 radical (unpaired) electrons. The molecule has 130 valence electrons. The molecule has 0 atom stereocenters. The van der Waals surface area contributed by atoms with Gasteiger partial charge in [0.05, 0.1) is 5.56 Å². The summed E-state index contributed by atoms with van der Waals surface area (Å²) < 4.78 is 39.5. The van der Waals surface area contributed by atoms with Gasteiger partial charge in [0.1, 0.15) is 0 Å². The van der Waals surface area contributed by atoms with Crippen LogP contribution in [0.15, 0.2) is 30.3 Å². The van der Waals surface area contributed by atoms with Gasteiger partial charge in [0.15, 0.2) is 5.82 Å². The number of rotatable bonds is 2. The summed E-state index contributed by atoms with van der Waals surface area (Å²) in [5, 5.41) is 0. The van der Waals surface area contributed by atoms with Crippen LogP contribution in [0.3, 0.4) is 0 Å². The van der Waals surface area contributed by atoms with Gasteiger partial charge in [0, 0.05) is 5.92 Å². The maximum Gasteiger partial charge on any atom is 0.251 e. The molecule has 1 fully saturated rings. The minimum atomic E-state index is -1.43. The Morgan fingerprint density at radius 3 is 2.32 bits per heavy atom. The summed E-state index contributed by atoms with van der Waals surface area (Å²) in [6, 6.07) is 9.54. The van der Waals surface area contributed by atoms with Crippen LogP contribution in [-0.4, -0.2) is 4.98 Å². The topological polar surface area (TPSA) is 12.9 Å². The van der Waals surface area contributed by atoms with Gasteiger partial charge < -0.3 is 0 Å². The van der Waals surface area contributed by atoms with Crippen LogP contribution in [0.4, 0.5) is 13.2 Å². The van der Waals surface area contributed by atoms with Crippen molar-refractivity contribution in [3.05, 3.63) is 64.7 Å². The number of pyridine rings is 1. The van der Waals surface area contributed by atoms with E-state index >= 15 is 0 Å². The lowest BCUT2D eigenvalue weighted by atomic mass is 9.79. The van der Waals surface area contributed by atoms with E-state index in [1.54, 1.807) is 0 Å². The zero-order chi connectivity index (χ0) is 17.8. The molecule has 2 aromatic rings. The first-order valence-corrected chi connectivity index (χ1v) is 8.68. The summed E-state index contributed by atoms with van der Waals surface area (Å²) >= 11 is 0. The van der Waals surface area contributed by atoms with E-state index < -0.39 is 17.7 Å². The smallest absolute Gasteiger partial charge is 0.202 e.